The second-order valence-electron chi connectivity index (χ2n) is 5.47. The molecule has 23 heavy (non-hydrogen) atoms. The summed E-state index contributed by atoms with van der Waals surface area (Å²) in [5.74, 6) is -0.196. The van der Waals surface area contributed by atoms with Crippen molar-refractivity contribution in [1.82, 2.24) is 0 Å². The summed E-state index contributed by atoms with van der Waals surface area (Å²) < 4.78 is 0. The molecule has 3 nitrogen and oxygen atoms in total. The van der Waals surface area contributed by atoms with Crippen LogP contribution in [0.5, 0.6) is 0 Å². The van der Waals surface area contributed by atoms with Crippen LogP contribution in [0.4, 0.5) is 0 Å². The molecule has 2 aromatic carbocycles. The molecule has 118 valence electrons. The summed E-state index contributed by atoms with van der Waals surface area (Å²) >= 11 is 12.2. The highest BCUT2D eigenvalue weighted by molar-refractivity contribution is 6.42. The summed E-state index contributed by atoms with van der Waals surface area (Å²) in [7, 11) is 0. The van der Waals surface area contributed by atoms with Crippen LogP contribution in [0.1, 0.15) is 42.4 Å². The first-order valence-corrected chi connectivity index (χ1v) is 8.10. The van der Waals surface area contributed by atoms with Crippen LogP contribution in [0, 0.1) is 0 Å². The average molecular weight is 348 g/mol. The topological polar surface area (TPSA) is 38.7 Å². The van der Waals surface area contributed by atoms with Crippen molar-refractivity contribution in [2.24, 2.45) is 5.16 Å². The van der Waals surface area contributed by atoms with Crippen LogP contribution in [0.3, 0.4) is 0 Å². The first-order valence-electron chi connectivity index (χ1n) is 7.35. The molecule has 0 fully saturated rings. The van der Waals surface area contributed by atoms with Gasteiger partial charge in [-0.25, -0.2) is 4.79 Å². The van der Waals surface area contributed by atoms with Crippen molar-refractivity contribution in [1.29, 1.82) is 0 Å². The van der Waals surface area contributed by atoms with Gasteiger partial charge in [0.15, 0.2) is 0 Å². The Morgan fingerprint density at radius 1 is 1.17 bits per heavy atom. The van der Waals surface area contributed by atoms with E-state index < -0.39 is 5.97 Å². The molecular formula is C18H15Cl2NO2. The molecule has 0 saturated carbocycles. The van der Waals surface area contributed by atoms with Crippen LogP contribution >= 0.6 is 23.2 Å². The summed E-state index contributed by atoms with van der Waals surface area (Å²) in [5, 5.41) is 5.11. The molecule has 5 heteroatoms. The maximum absolute atomic E-state index is 11.0. The van der Waals surface area contributed by atoms with Gasteiger partial charge in [0.2, 0.25) is 0 Å². The van der Waals surface area contributed by atoms with Crippen molar-refractivity contribution in [3.63, 3.8) is 0 Å². The quantitative estimate of drug-likeness (QED) is 0.554. The third-order valence-electron chi connectivity index (χ3n) is 3.95. The number of benzene rings is 2. The van der Waals surface area contributed by atoms with Crippen molar-refractivity contribution in [2.75, 3.05) is 0 Å². The fraction of sp³-hybridized carbons (Fsp3) is 0.222. The number of oxime groups is 1. The lowest BCUT2D eigenvalue weighted by Crippen LogP contribution is -2.18. The smallest absolute Gasteiger partial charge is 0.318 e. The highest BCUT2D eigenvalue weighted by Crippen LogP contribution is 2.38. The Kier molecular flexibility index (Phi) is 4.69. The predicted octanol–water partition coefficient (Wildman–Crippen LogP) is 5.19. The van der Waals surface area contributed by atoms with Crippen molar-refractivity contribution in [2.45, 2.75) is 25.7 Å². The van der Waals surface area contributed by atoms with E-state index in [2.05, 4.69) is 11.2 Å². The van der Waals surface area contributed by atoms with Crippen molar-refractivity contribution in [3.8, 4) is 0 Å². The second-order valence-corrected chi connectivity index (χ2v) is 6.29. The molecule has 3 rings (SSSR count). The van der Waals surface area contributed by atoms with Gasteiger partial charge in [0.25, 0.3) is 0 Å². The standard InChI is InChI=1S/C18H15Cl2NO2/c1-11(22)23-21-18-9-7-13(14-4-2-3-5-15(14)18)12-6-8-16(19)17(20)10-12/h2-6,8,10,13H,7,9H2,1H3. The summed E-state index contributed by atoms with van der Waals surface area (Å²) in [6, 6.07) is 13.8. The Balaban J connectivity index is 2.01. The van der Waals surface area contributed by atoms with Gasteiger partial charge >= 0.3 is 5.97 Å². The van der Waals surface area contributed by atoms with Gasteiger partial charge in [0, 0.05) is 18.4 Å². The Labute approximate surface area is 144 Å². The highest BCUT2D eigenvalue weighted by Gasteiger charge is 2.26. The van der Waals surface area contributed by atoms with Crippen LogP contribution in [0.25, 0.3) is 0 Å². The molecule has 2 aromatic rings. The van der Waals surface area contributed by atoms with Gasteiger partial charge in [-0.1, -0.05) is 58.7 Å². The molecular weight excluding hydrogens is 333 g/mol. The van der Waals surface area contributed by atoms with Gasteiger partial charge < -0.3 is 4.84 Å². The van der Waals surface area contributed by atoms with E-state index in [0.717, 1.165) is 35.2 Å². The second kappa shape index (κ2) is 6.73. The van der Waals surface area contributed by atoms with E-state index in [0.29, 0.717) is 10.0 Å². The lowest BCUT2D eigenvalue weighted by atomic mass is 9.78. The van der Waals surface area contributed by atoms with Gasteiger partial charge in [0.05, 0.1) is 15.8 Å². The predicted molar refractivity (Wildman–Crippen MR) is 92.3 cm³/mol. The molecule has 0 aromatic heterocycles. The SMILES string of the molecule is CC(=O)ON=C1CCC(c2ccc(Cl)c(Cl)c2)c2ccccc21. The fourth-order valence-electron chi connectivity index (χ4n) is 2.92. The van der Waals surface area contributed by atoms with E-state index in [4.69, 9.17) is 28.0 Å². The molecule has 1 unspecified atom stereocenters. The maximum Gasteiger partial charge on any atom is 0.331 e. The molecule has 0 amide bonds. The summed E-state index contributed by atoms with van der Waals surface area (Å²) in [5.41, 5.74) is 4.09. The first kappa shape index (κ1) is 16.0. The highest BCUT2D eigenvalue weighted by atomic mass is 35.5. The Morgan fingerprint density at radius 3 is 2.70 bits per heavy atom. The zero-order valence-electron chi connectivity index (χ0n) is 12.6. The van der Waals surface area contributed by atoms with Gasteiger partial charge in [-0.05, 0) is 36.1 Å². The monoisotopic (exact) mass is 347 g/mol. The third-order valence-corrected chi connectivity index (χ3v) is 4.69. The molecule has 1 aliphatic rings. The number of nitrogens with zero attached hydrogens (tertiary/aromatic N) is 1. The molecule has 0 heterocycles. The van der Waals surface area contributed by atoms with Gasteiger partial charge in [-0.15, -0.1) is 0 Å². The van der Waals surface area contributed by atoms with E-state index in [9.17, 15) is 4.79 Å². The molecule has 1 aliphatic carbocycles. The molecule has 0 spiro atoms. The molecule has 0 bridgehead atoms. The molecule has 0 saturated heterocycles. The summed E-state index contributed by atoms with van der Waals surface area (Å²) in [6.45, 7) is 1.34. The van der Waals surface area contributed by atoms with Crippen LogP contribution in [-0.4, -0.2) is 11.7 Å². The number of rotatable bonds is 2. The number of carbonyl (C=O) groups excluding carboxylic acids is 1. The lowest BCUT2D eigenvalue weighted by molar-refractivity contribution is -0.140. The molecule has 0 aliphatic heterocycles. The van der Waals surface area contributed by atoms with E-state index in [1.54, 1.807) is 0 Å². The molecule has 1 atom stereocenters. The Hall–Kier alpha value is -1.84. The molecule has 0 N–H and O–H groups in total. The average Bonchev–Trinajstić information content (AvgIpc) is 2.55. The van der Waals surface area contributed by atoms with E-state index in [1.807, 2.05) is 36.4 Å². The third kappa shape index (κ3) is 3.41. The largest absolute Gasteiger partial charge is 0.331 e. The minimum absolute atomic E-state index is 0.220. The van der Waals surface area contributed by atoms with Gasteiger partial charge in [-0.2, -0.15) is 0 Å². The van der Waals surface area contributed by atoms with Crippen LogP contribution in [-0.2, 0) is 9.63 Å². The fourth-order valence-corrected chi connectivity index (χ4v) is 3.23. The first-order chi connectivity index (χ1) is 11.1. The van der Waals surface area contributed by atoms with Crippen molar-refractivity contribution >= 4 is 34.9 Å². The van der Waals surface area contributed by atoms with Crippen molar-refractivity contribution < 1.29 is 9.63 Å². The van der Waals surface area contributed by atoms with E-state index in [-0.39, 0.29) is 5.92 Å². The zero-order chi connectivity index (χ0) is 16.4. The number of hydrogen-bond acceptors (Lipinski definition) is 3. The lowest BCUT2D eigenvalue weighted by Gasteiger charge is -2.26. The van der Waals surface area contributed by atoms with E-state index >= 15 is 0 Å². The minimum atomic E-state index is -0.415. The van der Waals surface area contributed by atoms with Gasteiger partial charge in [0.1, 0.15) is 0 Å². The van der Waals surface area contributed by atoms with Crippen LogP contribution < -0.4 is 0 Å². The minimum Gasteiger partial charge on any atom is -0.318 e. The number of hydrogen-bond donors (Lipinski definition) is 0. The number of halogens is 2. The number of fused-ring (bicyclic) bond motifs is 1. The summed E-state index contributed by atoms with van der Waals surface area (Å²) in [6.07, 6.45) is 1.60. The van der Waals surface area contributed by atoms with Crippen LogP contribution in [0.2, 0.25) is 10.0 Å². The normalized spacial score (nSPS) is 18.6. The zero-order valence-corrected chi connectivity index (χ0v) is 14.1. The van der Waals surface area contributed by atoms with E-state index in [1.165, 1.54) is 6.92 Å². The molecule has 0 radical (unpaired) electrons. The maximum atomic E-state index is 11.0. The summed E-state index contributed by atoms with van der Waals surface area (Å²) in [4.78, 5) is 15.8. The van der Waals surface area contributed by atoms with Crippen molar-refractivity contribution in [3.05, 3.63) is 69.2 Å². The Morgan fingerprint density at radius 2 is 1.96 bits per heavy atom. The Bertz CT molecular complexity index is 786. The number of carbonyl (C=O) groups is 1. The van der Waals surface area contributed by atoms with Crippen LogP contribution in [0.15, 0.2) is 47.6 Å². The van der Waals surface area contributed by atoms with Gasteiger partial charge in [-0.3, -0.25) is 0 Å².